The van der Waals surface area contributed by atoms with Gasteiger partial charge in [0.15, 0.2) is 0 Å². The number of nitrogens with one attached hydrogen (secondary N) is 1. The van der Waals surface area contributed by atoms with E-state index in [0.717, 1.165) is 59.4 Å². The Bertz CT molecular complexity index is 809. The minimum Gasteiger partial charge on any atom is -0.350 e. The Hall–Kier alpha value is -1.97. The molecule has 0 spiro atoms. The highest BCUT2D eigenvalue weighted by Crippen LogP contribution is 2.60. The van der Waals surface area contributed by atoms with Crippen LogP contribution >= 0.6 is 0 Å². The van der Waals surface area contributed by atoms with Crippen molar-refractivity contribution in [3.63, 3.8) is 0 Å². The summed E-state index contributed by atoms with van der Waals surface area (Å²) < 4.78 is 0. The molecule has 0 atom stereocenters. The number of nitrogens with zero attached hydrogens (tertiary/aromatic N) is 2. The number of rotatable bonds is 3. The maximum Gasteiger partial charge on any atom is 0.226 e. The van der Waals surface area contributed by atoms with Crippen molar-refractivity contribution in [1.82, 2.24) is 15.3 Å². The van der Waals surface area contributed by atoms with E-state index in [1.165, 1.54) is 19.3 Å². The van der Waals surface area contributed by atoms with E-state index in [9.17, 15) is 4.79 Å². The van der Waals surface area contributed by atoms with Crippen LogP contribution in [0.1, 0.15) is 49.9 Å². The molecule has 4 nitrogen and oxygen atoms in total. The molecule has 4 aliphatic rings. The number of aromatic nitrogens is 2. The Morgan fingerprint density at radius 2 is 1.60 bits per heavy atom. The first-order chi connectivity index (χ1) is 12.1. The van der Waals surface area contributed by atoms with Crippen LogP contribution in [0.25, 0.3) is 11.0 Å². The van der Waals surface area contributed by atoms with Crippen molar-refractivity contribution in [2.75, 3.05) is 0 Å². The van der Waals surface area contributed by atoms with Crippen LogP contribution in [0.5, 0.6) is 0 Å². The lowest BCUT2D eigenvalue weighted by Gasteiger charge is -2.55. The molecule has 1 amide bonds. The van der Waals surface area contributed by atoms with E-state index in [1.807, 2.05) is 31.2 Å². The Morgan fingerprint density at radius 3 is 2.20 bits per heavy atom. The SMILES string of the molecule is Cc1nc2ccccc2nc1CNC(=O)C12CC3CC(CC(C3)C1)C2. The van der Waals surface area contributed by atoms with E-state index in [2.05, 4.69) is 10.3 Å². The molecule has 4 saturated carbocycles. The van der Waals surface area contributed by atoms with Gasteiger partial charge in [-0.05, 0) is 75.3 Å². The second-order valence-electron chi connectivity index (χ2n) is 8.62. The largest absolute Gasteiger partial charge is 0.350 e. The number of amides is 1. The Morgan fingerprint density at radius 1 is 1.04 bits per heavy atom. The van der Waals surface area contributed by atoms with Gasteiger partial charge >= 0.3 is 0 Å². The van der Waals surface area contributed by atoms with Crippen LogP contribution in [0.4, 0.5) is 0 Å². The zero-order valence-corrected chi connectivity index (χ0v) is 14.8. The molecule has 6 rings (SSSR count). The van der Waals surface area contributed by atoms with Gasteiger partial charge in [-0.15, -0.1) is 0 Å². The summed E-state index contributed by atoms with van der Waals surface area (Å²) in [6.07, 6.45) is 7.40. The van der Waals surface area contributed by atoms with Crippen molar-refractivity contribution in [2.24, 2.45) is 23.2 Å². The summed E-state index contributed by atoms with van der Waals surface area (Å²) in [5, 5.41) is 3.22. The number of carbonyl (C=O) groups excluding carboxylic acids is 1. The molecule has 1 aromatic carbocycles. The lowest BCUT2D eigenvalue weighted by atomic mass is 9.49. The van der Waals surface area contributed by atoms with Crippen molar-refractivity contribution >= 4 is 16.9 Å². The zero-order chi connectivity index (χ0) is 17.0. The van der Waals surface area contributed by atoms with Gasteiger partial charge in [0.25, 0.3) is 0 Å². The van der Waals surface area contributed by atoms with E-state index in [1.54, 1.807) is 0 Å². The summed E-state index contributed by atoms with van der Waals surface area (Å²) in [6.45, 7) is 2.47. The molecule has 4 heteroatoms. The van der Waals surface area contributed by atoms with Crippen molar-refractivity contribution < 1.29 is 4.79 Å². The Labute approximate surface area is 148 Å². The van der Waals surface area contributed by atoms with Crippen LogP contribution < -0.4 is 5.32 Å². The topological polar surface area (TPSA) is 54.9 Å². The van der Waals surface area contributed by atoms with Gasteiger partial charge in [0.2, 0.25) is 5.91 Å². The minimum absolute atomic E-state index is 0.0903. The zero-order valence-electron chi connectivity index (χ0n) is 14.8. The molecule has 0 saturated heterocycles. The molecule has 4 bridgehead atoms. The fourth-order valence-electron chi connectivity index (χ4n) is 6.03. The lowest BCUT2D eigenvalue weighted by Crippen LogP contribution is -2.53. The standard InChI is InChI=1S/C21H25N3O/c1-13-19(24-18-5-3-2-4-17(18)23-13)12-22-20(25)21-9-14-6-15(10-21)8-16(7-14)11-21/h2-5,14-16H,6-12H2,1H3,(H,22,25). The summed E-state index contributed by atoms with van der Waals surface area (Å²) in [5.74, 6) is 2.64. The fraction of sp³-hybridized carbons (Fsp3) is 0.571. The minimum atomic E-state index is -0.0903. The molecule has 1 heterocycles. The summed E-state index contributed by atoms with van der Waals surface area (Å²) in [5.41, 5.74) is 3.51. The number of carbonyl (C=O) groups is 1. The average Bonchev–Trinajstić information content (AvgIpc) is 2.58. The maximum absolute atomic E-state index is 13.1. The molecule has 0 radical (unpaired) electrons. The Kier molecular flexibility index (Phi) is 3.37. The number of para-hydroxylation sites is 2. The highest BCUT2D eigenvalue weighted by atomic mass is 16.2. The van der Waals surface area contributed by atoms with Crippen LogP contribution in [-0.2, 0) is 11.3 Å². The van der Waals surface area contributed by atoms with Crippen LogP contribution in [0.3, 0.4) is 0 Å². The molecule has 4 aliphatic carbocycles. The van der Waals surface area contributed by atoms with Gasteiger partial charge in [-0.25, -0.2) is 9.97 Å². The average molecular weight is 335 g/mol. The third kappa shape index (κ3) is 2.54. The lowest BCUT2D eigenvalue weighted by molar-refractivity contribution is -0.146. The molecule has 1 N–H and O–H groups in total. The summed E-state index contributed by atoms with van der Waals surface area (Å²) in [4.78, 5) is 22.4. The normalized spacial score (nSPS) is 32.9. The molecule has 0 aliphatic heterocycles. The van der Waals surface area contributed by atoms with Crippen LogP contribution in [0.15, 0.2) is 24.3 Å². The third-order valence-corrected chi connectivity index (χ3v) is 6.78. The number of aryl methyl sites for hydroxylation is 1. The van der Waals surface area contributed by atoms with Gasteiger partial charge in [0.1, 0.15) is 0 Å². The van der Waals surface area contributed by atoms with E-state index < -0.39 is 0 Å². The number of benzene rings is 1. The van der Waals surface area contributed by atoms with E-state index in [0.29, 0.717) is 6.54 Å². The van der Waals surface area contributed by atoms with Crippen LogP contribution in [0, 0.1) is 30.1 Å². The Balaban J connectivity index is 1.35. The van der Waals surface area contributed by atoms with Crippen LogP contribution in [-0.4, -0.2) is 15.9 Å². The quantitative estimate of drug-likeness (QED) is 0.929. The second-order valence-corrected chi connectivity index (χ2v) is 8.62. The van der Waals surface area contributed by atoms with E-state index in [4.69, 9.17) is 4.98 Å². The number of hydrogen-bond donors (Lipinski definition) is 1. The van der Waals surface area contributed by atoms with Gasteiger partial charge in [-0.3, -0.25) is 4.79 Å². The highest BCUT2D eigenvalue weighted by Gasteiger charge is 2.54. The molecule has 4 fully saturated rings. The fourth-order valence-corrected chi connectivity index (χ4v) is 6.03. The molecule has 1 aromatic heterocycles. The predicted molar refractivity (Wildman–Crippen MR) is 96.7 cm³/mol. The molecule has 130 valence electrons. The van der Waals surface area contributed by atoms with E-state index >= 15 is 0 Å². The summed E-state index contributed by atoms with van der Waals surface area (Å²) in [6, 6.07) is 7.91. The maximum atomic E-state index is 13.1. The van der Waals surface area contributed by atoms with Gasteiger partial charge in [0, 0.05) is 5.41 Å². The summed E-state index contributed by atoms with van der Waals surface area (Å²) in [7, 11) is 0. The number of fused-ring (bicyclic) bond motifs is 1. The molecule has 0 unspecified atom stereocenters. The van der Waals surface area contributed by atoms with Gasteiger partial charge in [0.05, 0.1) is 29.0 Å². The van der Waals surface area contributed by atoms with Gasteiger partial charge in [-0.2, -0.15) is 0 Å². The van der Waals surface area contributed by atoms with Crippen molar-refractivity contribution in [3.8, 4) is 0 Å². The van der Waals surface area contributed by atoms with Crippen LogP contribution in [0.2, 0.25) is 0 Å². The first-order valence-corrected chi connectivity index (χ1v) is 9.62. The first-order valence-electron chi connectivity index (χ1n) is 9.62. The summed E-state index contributed by atoms with van der Waals surface area (Å²) >= 11 is 0. The second kappa shape index (κ2) is 5.52. The first kappa shape index (κ1) is 15.3. The predicted octanol–water partition coefficient (Wildman–Crippen LogP) is 3.77. The molecule has 25 heavy (non-hydrogen) atoms. The van der Waals surface area contributed by atoms with Crippen molar-refractivity contribution in [3.05, 3.63) is 35.7 Å². The van der Waals surface area contributed by atoms with Crippen molar-refractivity contribution in [1.29, 1.82) is 0 Å². The van der Waals surface area contributed by atoms with Gasteiger partial charge in [-0.1, -0.05) is 12.1 Å². The number of hydrogen-bond acceptors (Lipinski definition) is 3. The monoisotopic (exact) mass is 335 g/mol. The molecule has 2 aromatic rings. The van der Waals surface area contributed by atoms with Gasteiger partial charge < -0.3 is 5.32 Å². The molecular weight excluding hydrogens is 310 g/mol. The van der Waals surface area contributed by atoms with Crippen molar-refractivity contribution in [2.45, 2.75) is 52.0 Å². The third-order valence-electron chi connectivity index (χ3n) is 6.78. The molecular formula is C21H25N3O. The smallest absolute Gasteiger partial charge is 0.226 e. The highest BCUT2D eigenvalue weighted by molar-refractivity contribution is 5.83. The van der Waals surface area contributed by atoms with E-state index in [-0.39, 0.29) is 11.3 Å².